The zero-order valence-corrected chi connectivity index (χ0v) is 22.2. The van der Waals surface area contributed by atoms with Gasteiger partial charge >= 0.3 is 7.12 Å². The largest absolute Gasteiger partial charge is 0.494 e. The predicted octanol–water partition coefficient (Wildman–Crippen LogP) is 3.13. The van der Waals surface area contributed by atoms with E-state index in [0.29, 0.717) is 13.2 Å². The molecule has 9 heteroatoms. The number of aromatic nitrogens is 2. The molecule has 0 spiro atoms. The monoisotopic (exact) mass is 492 g/mol. The topological polar surface area (TPSA) is 69.1 Å². The summed E-state index contributed by atoms with van der Waals surface area (Å²) in [7, 11) is -0.367. The molecule has 0 N–H and O–H groups in total. The summed E-state index contributed by atoms with van der Waals surface area (Å²) in [5.41, 5.74) is 5.27. The fourth-order valence-corrected chi connectivity index (χ4v) is 5.89. The number of carbonyl (C=O) groups excluding carboxylic acids is 1. The maximum atomic E-state index is 12.3. The molecule has 5 heterocycles. The summed E-state index contributed by atoms with van der Waals surface area (Å²) < 4.78 is 20.6. The van der Waals surface area contributed by atoms with Crippen LogP contribution in [0.25, 0.3) is 0 Å². The number of anilines is 2. The number of aryl methyl sites for hydroxylation is 1. The van der Waals surface area contributed by atoms with Crippen molar-refractivity contribution >= 4 is 30.0 Å². The molecule has 2 saturated heterocycles. The molecule has 0 saturated carbocycles. The number of carbonyl (C=O) groups is 1. The highest BCUT2D eigenvalue weighted by atomic mass is 16.7. The number of nitrogens with zero attached hydrogens (tertiary/aromatic N) is 4. The Morgan fingerprint density at radius 2 is 1.89 bits per heavy atom. The molecule has 1 aromatic carbocycles. The second kappa shape index (κ2) is 8.60. The van der Waals surface area contributed by atoms with Crippen molar-refractivity contribution in [2.45, 2.75) is 84.1 Å². The van der Waals surface area contributed by atoms with Crippen molar-refractivity contribution in [2.24, 2.45) is 0 Å². The van der Waals surface area contributed by atoms with Crippen LogP contribution in [0, 0.1) is 0 Å². The van der Waals surface area contributed by atoms with Crippen molar-refractivity contribution in [1.29, 1.82) is 0 Å². The molecule has 0 bridgehead atoms. The van der Waals surface area contributed by atoms with Gasteiger partial charge in [-0.25, -0.2) is 0 Å². The highest BCUT2D eigenvalue weighted by molar-refractivity contribution is 6.62. The Kier molecular flexibility index (Phi) is 5.74. The number of hydrogen-bond donors (Lipinski definition) is 0. The van der Waals surface area contributed by atoms with Gasteiger partial charge in [0.2, 0.25) is 5.91 Å². The quantitative estimate of drug-likeness (QED) is 0.614. The average molecular weight is 492 g/mol. The summed E-state index contributed by atoms with van der Waals surface area (Å²) in [5.74, 6) is 1.11. The molecule has 2 aromatic rings. The average Bonchev–Trinajstić information content (AvgIpc) is 3.54. The molecular formula is C27H37BN4O4. The van der Waals surface area contributed by atoms with E-state index in [-0.39, 0.29) is 30.3 Å². The molecule has 1 aromatic heterocycles. The first-order valence-electron chi connectivity index (χ1n) is 13.3. The maximum absolute atomic E-state index is 12.3. The van der Waals surface area contributed by atoms with E-state index >= 15 is 0 Å². The number of fused-ring (bicyclic) bond motifs is 2. The van der Waals surface area contributed by atoms with E-state index in [1.165, 1.54) is 22.5 Å². The predicted molar refractivity (Wildman–Crippen MR) is 139 cm³/mol. The van der Waals surface area contributed by atoms with Gasteiger partial charge in [0.15, 0.2) is 5.82 Å². The van der Waals surface area contributed by atoms with E-state index in [4.69, 9.17) is 19.1 Å². The third-order valence-electron chi connectivity index (χ3n) is 8.76. The van der Waals surface area contributed by atoms with E-state index in [2.05, 4.69) is 55.5 Å². The molecule has 0 radical (unpaired) electrons. The molecule has 1 amide bonds. The Balaban J connectivity index is 1.36. The van der Waals surface area contributed by atoms with Crippen LogP contribution in [0.4, 0.5) is 11.5 Å². The Bertz CT molecular complexity index is 1170. The number of rotatable bonds is 3. The van der Waals surface area contributed by atoms with Gasteiger partial charge < -0.3 is 23.8 Å². The standard InChI is InChI=1S/C27H37BN4O4/c1-18(33)30-13-10-24-22(16-30)25(29-32(24)21-11-14-34-17-21)31-12-6-7-19-15-20(8-9-23(19)31)28-35-26(2,3)27(4,5)36-28/h8-9,15,21H,6-7,10-14,16-17H2,1-5H3. The van der Waals surface area contributed by atoms with Crippen molar-refractivity contribution in [3.8, 4) is 0 Å². The van der Waals surface area contributed by atoms with Gasteiger partial charge in [-0.15, -0.1) is 0 Å². The minimum absolute atomic E-state index is 0.120. The van der Waals surface area contributed by atoms with E-state index in [1.54, 1.807) is 6.92 Å². The van der Waals surface area contributed by atoms with Crippen LogP contribution in [0.5, 0.6) is 0 Å². The number of ether oxygens (including phenoxy) is 1. The molecule has 1 atom stereocenters. The van der Waals surface area contributed by atoms with Gasteiger partial charge in [0.05, 0.1) is 30.4 Å². The lowest BCUT2D eigenvalue weighted by molar-refractivity contribution is -0.129. The van der Waals surface area contributed by atoms with Crippen LogP contribution >= 0.6 is 0 Å². The lowest BCUT2D eigenvalue weighted by Gasteiger charge is -2.33. The normalized spacial score (nSPS) is 24.7. The van der Waals surface area contributed by atoms with Crippen molar-refractivity contribution < 1.29 is 18.8 Å². The SMILES string of the molecule is CC(=O)N1CCc2c(c(N3CCCc4cc(B5OC(C)(C)C(C)(C)O5)ccc43)nn2C2CCOC2)C1. The summed E-state index contributed by atoms with van der Waals surface area (Å²) in [6.07, 6.45) is 3.88. The third kappa shape index (κ3) is 3.87. The Labute approximate surface area is 214 Å². The fraction of sp³-hybridized carbons (Fsp3) is 0.630. The Morgan fingerprint density at radius 1 is 1.11 bits per heavy atom. The van der Waals surface area contributed by atoms with Gasteiger partial charge in [0.1, 0.15) is 0 Å². The molecular weight excluding hydrogens is 455 g/mol. The van der Waals surface area contributed by atoms with Gasteiger partial charge in [0.25, 0.3) is 0 Å². The van der Waals surface area contributed by atoms with Crippen LogP contribution in [-0.2, 0) is 38.2 Å². The van der Waals surface area contributed by atoms with Gasteiger partial charge in [-0.1, -0.05) is 12.1 Å². The van der Waals surface area contributed by atoms with Crippen molar-refractivity contribution in [3.05, 3.63) is 35.0 Å². The van der Waals surface area contributed by atoms with Crippen LogP contribution in [0.2, 0.25) is 0 Å². The van der Waals surface area contributed by atoms with Crippen molar-refractivity contribution in [3.63, 3.8) is 0 Å². The molecule has 192 valence electrons. The smallest absolute Gasteiger partial charge is 0.399 e. The van der Waals surface area contributed by atoms with Crippen LogP contribution in [0.3, 0.4) is 0 Å². The lowest BCUT2D eigenvalue weighted by Crippen LogP contribution is -2.41. The summed E-state index contributed by atoms with van der Waals surface area (Å²) in [4.78, 5) is 16.6. The van der Waals surface area contributed by atoms with E-state index in [9.17, 15) is 4.79 Å². The summed E-state index contributed by atoms with van der Waals surface area (Å²) in [6, 6.07) is 6.85. The molecule has 4 aliphatic rings. The molecule has 8 nitrogen and oxygen atoms in total. The summed E-state index contributed by atoms with van der Waals surface area (Å²) in [5, 5.41) is 5.20. The summed E-state index contributed by atoms with van der Waals surface area (Å²) >= 11 is 0. The second-order valence-corrected chi connectivity index (χ2v) is 11.6. The minimum Gasteiger partial charge on any atom is -0.399 e. The first kappa shape index (κ1) is 24.0. The first-order valence-corrected chi connectivity index (χ1v) is 13.3. The van der Waals surface area contributed by atoms with Gasteiger partial charge in [-0.2, -0.15) is 5.10 Å². The zero-order valence-electron chi connectivity index (χ0n) is 22.2. The fourth-order valence-electron chi connectivity index (χ4n) is 5.89. The lowest BCUT2D eigenvalue weighted by atomic mass is 9.77. The second-order valence-electron chi connectivity index (χ2n) is 11.6. The Morgan fingerprint density at radius 3 is 2.58 bits per heavy atom. The molecule has 36 heavy (non-hydrogen) atoms. The third-order valence-corrected chi connectivity index (χ3v) is 8.76. The molecule has 4 aliphatic heterocycles. The maximum Gasteiger partial charge on any atom is 0.494 e. The minimum atomic E-state index is -0.367. The molecule has 0 aliphatic carbocycles. The van der Waals surface area contributed by atoms with E-state index < -0.39 is 0 Å². The van der Waals surface area contributed by atoms with E-state index in [1.807, 2.05) is 4.90 Å². The Hall–Kier alpha value is -2.36. The first-order chi connectivity index (χ1) is 17.1. The van der Waals surface area contributed by atoms with Gasteiger partial charge in [0, 0.05) is 50.0 Å². The van der Waals surface area contributed by atoms with Crippen molar-refractivity contribution in [2.75, 3.05) is 31.2 Å². The van der Waals surface area contributed by atoms with Crippen LogP contribution in [-0.4, -0.2) is 65.2 Å². The molecule has 2 fully saturated rings. The zero-order chi connectivity index (χ0) is 25.2. The van der Waals surface area contributed by atoms with Crippen LogP contribution in [0.15, 0.2) is 18.2 Å². The van der Waals surface area contributed by atoms with Crippen LogP contribution in [0.1, 0.15) is 70.3 Å². The van der Waals surface area contributed by atoms with Gasteiger partial charge in [-0.05, 0) is 64.1 Å². The van der Waals surface area contributed by atoms with Crippen molar-refractivity contribution in [1.82, 2.24) is 14.7 Å². The highest BCUT2D eigenvalue weighted by Gasteiger charge is 2.51. The van der Waals surface area contributed by atoms with Gasteiger partial charge in [-0.3, -0.25) is 9.48 Å². The van der Waals surface area contributed by atoms with E-state index in [0.717, 1.165) is 56.7 Å². The summed E-state index contributed by atoms with van der Waals surface area (Å²) in [6.45, 7) is 13.8. The number of benzene rings is 1. The number of amides is 1. The number of hydrogen-bond acceptors (Lipinski definition) is 6. The molecule has 6 rings (SSSR count). The van der Waals surface area contributed by atoms with Crippen LogP contribution < -0.4 is 10.4 Å². The molecule has 1 unspecified atom stereocenters. The highest BCUT2D eigenvalue weighted by Crippen LogP contribution is 2.40.